The maximum Gasteiger partial charge on any atom is 0.128 e. The molecule has 1 aromatic heterocycles. The Morgan fingerprint density at radius 1 is 1.22 bits per heavy atom. The number of anilines is 1. The summed E-state index contributed by atoms with van der Waals surface area (Å²) < 4.78 is 0. The maximum absolute atomic E-state index is 9.02. The molecule has 0 amide bonds. The van der Waals surface area contributed by atoms with Crippen molar-refractivity contribution >= 4 is 5.82 Å². The molecule has 3 nitrogen and oxygen atoms in total. The van der Waals surface area contributed by atoms with Gasteiger partial charge in [-0.05, 0) is 29.9 Å². The van der Waals surface area contributed by atoms with Gasteiger partial charge < -0.3 is 10.0 Å². The highest BCUT2D eigenvalue weighted by Crippen LogP contribution is 2.38. The Hall–Kier alpha value is -1.09. The Morgan fingerprint density at radius 2 is 1.89 bits per heavy atom. The molecule has 0 atom stereocenters. The lowest BCUT2D eigenvalue weighted by Gasteiger charge is -2.41. The van der Waals surface area contributed by atoms with Gasteiger partial charge in [-0.1, -0.05) is 32.8 Å². The van der Waals surface area contributed by atoms with Crippen LogP contribution in [0.5, 0.6) is 0 Å². The third kappa shape index (κ3) is 2.66. The van der Waals surface area contributed by atoms with E-state index in [0.717, 1.165) is 24.5 Å². The lowest BCUT2D eigenvalue weighted by molar-refractivity contribution is 0.199. The normalized spacial score (nSPS) is 18.9. The van der Waals surface area contributed by atoms with Crippen molar-refractivity contribution in [3.63, 3.8) is 0 Å². The van der Waals surface area contributed by atoms with E-state index in [0.29, 0.717) is 5.41 Å². The fourth-order valence-corrected chi connectivity index (χ4v) is 2.86. The van der Waals surface area contributed by atoms with Crippen molar-refractivity contribution in [1.82, 2.24) is 4.98 Å². The van der Waals surface area contributed by atoms with Crippen LogP contribution in [0.15, 0.2) is 18.3 Å². The van der Waals surface area contributed by atoms with Gasteiger partial charge in [0.1, 0.15) is 5.82 Å². The van der Waals surface area contributed by atoms with Crippen LogP contribution in [0, 0.1) is 5.41 Å². The number of pyridine rings is 1. The smallest absolute Gasteiger partial charge is 0.128 e. The molecule has 1 aliphatic heterocycles. The van der Waals surface area contributed by atoms with Gasteiger partial charge in [-0.25, -0.2) is 4.98 Å². The molecule has 18 heavy (non-hydrogen) atoms. The van der Waals surface area contributed by atoms with Crippen LogP contribution >= 0.6 is 0 Å². The van der Waals surface area contributed by atoms with E-state index in [1.165, 1.54) is 25.7 Å². The Bertz CT molecular complexity index is 361. The second-order valence-electron chi connectivity index (χ2n) is 5.38. The first-order valence-electron chi connectivity index (χ1n) is 7.04. The summed E-state index contributed by atoms with van der Waals surface area (Å²) in [5.41, 5.74) is 1.44. The van der Waals surface area contributed by atoms with Crippen molar-refractivity contribution in [2.24, 2.45) is 5.41 Å². The predicted octanol–water partition coefficient (Wildman–Crippen LogP) is 2.98. The van der Waals surface area contributed by atoms with Crippen LogP contribution in [0.4, 0.5) is 5.82 Å². The van der Waals surface area contributed by atoms with Gasteiger partial charge in [0.15, 0.2) is 0 Å². The van der Waals surface area contributed by atoms with Crippen molar-refractivity contribution in [2.75, 3.05) is 18.0 Å². The quantitative estimate of drug-likeness (QED) is 0.890. The zero-order chi connectivity index (χ0) is 13.0. The standard InChI is InChI=1S/C15H24N2O/c1-3-15(4-2)7-9-17(10-8-15)14-6-5-13(12-18)11-16-14/h5-6,11,18H,3-4,7-10,12H2,1-2H3. The summed E-state index contributed by atoms with van der Waals surface area (Å²) in [5.74, 6) is 1.05. The van der Waals surface area contributed by atoms with Gasteiger partial charge in [0.2, 0.25) is 0 Å². The van der Waals surface area contributed by atoms with Crippen LogP contribution in [-0.4, -0.2) is 23.2 Å². The number of nitrogens with zero attached hydrogens (tertiary/aromatic N) is 2. The molecule has 1 N–H and O–H groups in total. The number of hydrogen-bond donors (Lipinski definition) is 1. The molecule has 0 aliphatic carbocycles. The fourth-order valence-electron chi connectivity index (χ4n) is 2.86. The SMILES string of the molecule is CCC1(CC)CCN(c2ccc(CO)cn2)CC1. The Balaban J connectivity index is 2.00. The highest BCUT2D eigenvalue weighted by Gasteiger charge is 2.31. The second-order valence-corrected chi connectivity index (χ2v) is 5.38. The number of aromatic nitrogens is 1. The van der Waals surface area contributed by atoms with Crippen LogP contribution in [0.3, 0.4) is 0 Å². The summed E-state index contributed by atoms with van der Waals surface area (Å²) >= 11 is 0. The van der Waals surface area contributed by atoms with E-state index < -0.39 is 0 Å². The van der Waals surface area contributed by atoms with E-state index in [1.54, 1.807) is 6.20 Å². The van der Waals surface area contributed by atoms with Crippen molar-refractivity contribution in [1.29, 1.82) is 0 Å². The summed E-state index contributed by atoms with van der Waals surface area (Å²) in [4.78, 5) is 6.80. The van der Waals surface area contributed by atoms with Crippen LogP contribution in [0.1, 0.15) is 45.1 Å². The molecular weight excluding hydrogens is 224 g/mol. The lowest BCUT2D eigenvalue weighted by atomic mass is 9.74. The summed E-state index contributed by atoms with van der Waals surface area (Å²) in [7, 11) is 0. The van der Waals surface area contributed by atoms with E-state index in [1.807, 2.05) is 12.1 Å². The monoisotopic (exact) mass is 248 g/mol. The van der Waals surface area contributed by atoms with E-state index in [2.05, 4.69) is 23.7 Å². The summed E-state index contributed by atoms with van der Waals surface area (Å²) in [6.45, 7) is 6.91. The first-order valence-corrected chi connectivity index (χ1v) is 7.04. The van der Waals surface area contributed by atoms with Crippen LogP contribution < -0.4 is 4.90 Å². The minimum Gasteiger partial charge on any atom is -0.392 e. The Morgan fingerprint density at radius 3 is 2.33 bits per heavy atom. The van der Waals surface area contributed by atoms with E-state index in [-0.39, 0.29) is 6.61 Å². The lowest BCUT2D eigenvalue weighted by Crippen LogP contribution is -2.40. The molecule has 3 heteroatoms. The summed E-state index contributed by atoms with van der Waals surface area (Å²) in [6, 6.07) is 3.99. The molecular formula is C15H24N2O. The number of aliphatic hydroxyl groups is 1. The largest absolute Gasteiger partial charge is 0.392 e. The van der Waals surface area contributed by atoms with E-state index in [4.69, 9.17) is 5.11 Å². The number of rotatable bonds is 4. The molecule has 1 saturated heterocycles. The first-order chi connectivity index (χ1) is 8.73. The fraction of sp³-hybridized carbons (Fsp3) is 0.667. The minimum atomic E-state index is 0.0715. The molecule has 100 valence electrons. The minimum absolute atomic E-state index is 0.0715. The number of aliphatic hydroxyl groups excluding tert-OH is 1. The molecule has 0 radical (unpaired) electrons. The third-order valence-electron chi connectivity index (χ3n) is 4.64. The average Bonchev–Trinajstić information content (AvgIpc) is 2.47. The number of hydrogen-bond acceptors (Lipinski definition) is 3. The van der Waals surface area contributed by atoms with Gasteiger partial charge >= 0.3 is 0 Å². The maximum atomic E-state index is 9.02. The Kier molecular flexibility index (Phi) is 4.23. The summed E-state index contributed by atoms with van der Waals surface area (Å²) in [6.07, 6.45) is 6.88. The van der Waals surface area contributed by atoms with Crippen molar-refractivity contribution in [3.8, 4) is 0 Å². The van der Waals surface area contributed by atoms with Crippen LogP contribution in [0.2, 0.25) is 0 Å². The van der Waals surface area contributed by atoms with Crippen molar-refractivity contribution < 1.29 is 5.11 Å². The zero-order valence-corrected chi connectivity index (χ0v) is 11.5. The molecule has 0 unspecified atom stereocenters. The zero-order valence-electron chi connectivity index (χ0n) is 11.5. The second kappa shape index (κ2) is 5.70. The molecule has 0 aromatic carbocycles. The Labute approximate surface area is 110 Å². The van der Waals surface area contributed by atoms with Gasteiger partial charge in [0.05, 0.1) is 6.61 Å². The van der Waals surface area contributed by atoms with Gasteiger partial charge in [-0.3, -0.25) is 0 Å². The van der Waals surface area contributed by atoms with Crippen LogP contribution in [0.25, 0.3) is 0 Å². The van der Waals surface area contributed by atoms with Gasteiger partial charge in [-0.2, -0.15) is 0 Å². The third-order valence-corrected chi connectivity index (χ3v) is 4.64. The highest BCUT2D eigenvalue weighted by molar-refractivity contribution is 5.39. The van der Waals surface area contributed by atoms with E-state index >= 15 is 0 Å². The summed E-state index contributed by atoms with van der Waals surface area (Å²) in [5, 5.41) is 9.02. The number of piperidine rings is 1. The molecule has 1 fully saturated rings. The van der Waals surface area contributed by atoms with Crippen LogP contribution in [-0.2, 0) is 6.61 Å². The van der Waals surface area contributed by atoms with Crippen molar-refractivity contribution in [3.05, 3.63) is 23.9 Å². The predicted molar refractivity (Wildman–Crippen MR) is 74.6 cm³/mol. The van der Waals surface area contributed by atoms with E-state index in [9.17, 15) is 0 Å². The average molecular weight is 248 g/mol. The van der Waals surface area contributed by atoms with Gasteiger partial charge in [0, 0.05) is 19.3 Å². The molecule has 2 heterocycles. The molecule has 0 bridgehead atoms. The highest BCUT2D eigenvalue weighted by atomic mass is 16.3. The molecule has 1 aliphatic rings. The van der Waals surface area contributed by atoms with Crippen molar-refractivity contribution in [2.45, 2.75) is 46.1 Å². The molecule has 1 aromatic rings. The molecule has 0 spiro atoms. The van der Waals surface area contributed by atoms with Gasteiger partial charge in [-0.15, -0.1) is 0 Å². The first kappa shape index (κ1) is 13.3. The van der Waals surface area contributed by atoms with Gasteiger partial charge in [0.25, 0.3) is 0 Å². The molecule has 2 rings (SSSR count). The topological polar surface area (TPSA) is 36.4 Å². The molecule has 0 saturated carbocycles.